The summed E-state index contributed by atoms with van der Waals surface area (Å²) in [6.07, 6.45) is 1.60. The van der Waals surface area contributed by atoms with E-state index in [1.54, 1.807) is 50.6 Å². The maximum Gasteiger partial charge on any atom is 0.274 e. The highest BCUT2D eigenvalue weighted by Crippen LogP contribution is 2.13. The Kier molecular flexibility index (Phi) is 5.69. The molecule has 1 aromatic heterocycles. The van der Waals surface area contributed by atoms with Gasteiger partial charge in [0.25, 0.3) is 5.56 Å². The first-order valence-electron chi connectivity index (χ1n) is 8.46. The Balaban J connectivity index is 1.79. The molecule has 0 aliphatic heterocycles. The van der Waals surface area contributed by atoms with Gasteiger partial charge in [-0.2, -0.15) is 5.10 Å². The molecule has 0 aliphatic rings. The molecule has 0 radical (unpaired) electrons. The Hall–Kier alpha value is -2.55. The third-order valence-electron chi connectivity index (χ3n) is 4.08. The Morgan fingerprint density at radius 1 is 1.19 bits per heavy atom. The fraction of sp³-hybridized carbons (Fsp3) is 0.263. The van der Waals surface area contributed by atoms with Crippen molar-refractivity contribution in [3.63, 3.8) is 0 Å². The van der Waals surface area contributed by atoms with E-state index in [-0.39, 0.29) is 17.0 Å². The molecule has 0 spiro atoms. The van der Waals surface area contributed by atoms with E-state index in [1.165, 1.54) is 10.7 Å². The minimum atomic E-state index is -3.72. The Morgan fingerprint density at radius 2 is 1.96 bits per heavy atom. The van der Waals surface area contributed by atoms with E-state index in [0.717, 1.165) is 10.9 Å². The van der Waals surface area contributed by atoms with Crippen LogP contribution in [0.15, 0.2) is 64.4 Å². The number of ether oxygens (including phenoxy) is 1. The molecule has 0 fully saturated rings. The lowest BCUT2D eigenvalue weighted by Crippen LogP contribution is -2.38. The zero-order valence-electron chi connectivity index (χ0n) is 15.1. The Bertz CT molecular complexity index is 1110. The van der Waals surface area contributed by atoms with Crippen molar-refractivity contribution in [2.45, 2.75) is 31.0 Å². The molecule has 8 heteroatoms. The Labute approximate surface area is 157 Å². The molecule has 1 unspecified atom stereocenters. The largest absolute Gasteiger partial charge is 0.380 e. The van der Waals surface area contributed by atoms with Gasteiger partial charge in [0.15, 0.2) is 0 Å². The molecule has 27 heavy (non-hydrogen) atoms. The summed E-state index contributed by atoms with van der Waals surface area (Å²) in [5.41, 5.74) is 0.515. The summed E-state index contributed by atoms with van der Waals surface area (Å²) in [6.45, 7) is 2.15. The summed E-state index contributed by atoms with van der Waals surface area (Å²) >= 11 is 0. The van der Waals surface area contributed by atoms with E-state index in [0.29, 0.717) is 12.0 Å². The molecule has 1 N–H and O–H groups in total. The number of methoxy groups -OCH3 is 1. The van der Waals surface area contributed by atoms with Gasteiger partial charge in [-0.1, -0.05) is 30.3 Å². The minimum absolute atomic E-state index is 0.126. The zero-order valence-corrected chi connectivity index (χ0v) is 15.9. The topological polar surface area (TPSA) is 90.3 Å². The summed E-state index contributed by atoms with van der Waals surface area (Å²) < 4.78 is 34.2. The number of rotatable bonds is 7. The monoisotopic (exact) mass is 387 g/mol. The Morgan fingerprint density at radius 3 is 2.74 bits per heavy atom. The highest BCUT2D eigenvalue weighted by molar-refractivity contribution is 7.89. The number of nitrogens with one attached hydrogen (secondary N) is 1. The quantitative estimate of drug-likeness (QED) is 0.669. The molecule has 0 amide bonds. The second kappa shape index (κ2) is 7.99. The van der Waals surface area contributed by atoms with E-state index < -0.39 is 16.1 Å². The summed E-state index contributed by atoms with van der Waals surface area (Å²) in [7, 11) is -2.17. The number of benzene rings is 2. The lowest BCUT2D eigenvalue weighted by atomic mass is 10.2. The number of hydrogen-bond donors (Lipinski definition) is 1. The van der Waals surface area contributed by atoms with E-state index in [1.807, 2.05) is 12.1 Å². The molecule has 2 aromatic carbocycles. The predicted molar refractivity (Wildman–Crippen MR) is 103 cm³/mol. The van der Waals surface area contributed by atoms with Crippen molar-refractivity contribution in [1.29, 1.82) is 0 Å². The summed E-state index contributed by atoms with van der Waals surface area (Å²) in [5, 5.41) is 5.44. The van der Waals surface area contributed by atoms with Crippen LogP contribution in [0.1, 0.15) is 12.5 Å². The molecule has 0 saturated carbocycles. The fourth-order valence-electron chi connectivity index (χ4n) is 2.86. The lowest BCUT2D eigenvalue weighted by Gasteiger charge is -2.15. The van der Waals surface area contributed by atoms with Crippen molar-refractivity contribution in [3.05, 3.63) is 70.6 Å². The van der Waals surface area contributed by atoms with Crippen LogP contribution in [0.5, 0.6) is 0 Å². The smallest absolute Gasteiger partial charge is 0.274 e. The van der Waals surface area contributed by atoms with Crippen LogP contribution in [0.4, 0.5) is 0 Å². The van der Waals surface area contributed by atoms with Gasteiger partial charge in [0.2, 0.25) is 10.0 Å². The number of aromatic nitrogens is 2. The first kappa shape index (κ1) is 19.2. The zero-order chi connectivity index (χ0) is 19.4. The number of hydrogen-bond acceptors (Lipinski definition) is 5. The molecule has 7 nitrogen and oxygen atoms in total. The molecular weight excluding hydrogens is 366 g/mol. The minimum Gasteiger partial charge on any atom is -0.380 e. The van der Waals surface area contributed by atoms with Crippen LogP contribution in [0, 0.1) is 0 Å². The highest BCUT2D eigenvalue weighted by atomic mass is 32.2. The number of fused-ring (bicyclic) bond motifs is 1. The van der Waals surface area contributed by atoms with Crippen LogP contribution in [0.25, 0.3) is 10.8 Å². The van der Waals surface area contributed by atoms with Crippen LogP contribution < -0.4 is 10.3 Å². The first-order chi connectivity index (χ1) is 12.9. The van der Waals surface area contributed by atoms with Crippen molar-refractivity contribution >= 4 is 20.8 Å². The van der Waals surface area contributed by atoms with Gasteiger partial charge in [-0.15, -0.1) is 0 Å². The van der Waals surface area contributed by atoms with Gasteiger partial charge in [0.05, 0.1) is 29.6 Å². The summed E-state index contributed by atoms with van der Waals surface area (Å²) in [4.78, 5) is 12.7. The molecule has 0 bridgehead atoms. The summed E-state index contributed by atoms with van der Waals surface area (Å²) in [6, 6.07) is 13.2. The first-order valence-corrected chi connectivity index (χ1v) is 9.94. The number of sulfonamides is 1. The SMILES string of the molecule is COCc1cccc(S(=O)(=O)NC(C)Cn2ncc3ccccc3c2=O)c1. The van der Waals surface area contributed by atoms with E-state index in [9.17, 15) is 13.2 Å². The van der Waals surface area contributed by atoms with Crippen LogP contribution in [0.3, 0.4) is 0 Å². The van der Waals surface area contributed by atoms with Crippen molar-refractivity contribution in [2.75, 3.05) is 7.11 Å². The molecule has 1 heterocycles. The van der Waals surface area contributed by atoms with Gasteiger partial charge >= 0.3 is 0 Å². The van der Waals surface area contributed by atoms with Crippen molar-refractivity contribution in [2.24, 2.45) is 0 Å². The second-order valence-electron chi connectivity index (χ2n) is 6.32. The maximum atomic E-state index is 12.6. The van der Waals surface area contributed by atoms with Gasteiger partial charge in [0, 0.05) is 18.5 Å². The van der Waals surface area contributed by atoms with Crippen LogP contribution in [0.2, 0.25) is 0 Å². The predicted octanol–water partition coefficient (Wildman–Crippen LogP) is 1.91. The molecule has 3 rings (SSSR count). The second-order valence-corrected chi connectivity index (χ2v) is 8.04. The molecular formula is C19H21N3O4S. The van der Waals surface area contributed by atoms with Gasteiger partial charge in [-0.3, -0.25) is 4.79 Å². The third kappa shape index (κ3) is 4.41. The van der Waals surface area contributed by atoms with Crippen LogP contribution in [-0.4, -0.2) is 31.3 Å². The van der Waals surface area contributed by atoms with Gasteiger partial charge in [-0.05, 0) is 30.7 Å². The van der Waals surface area contributed by atoms with Crippen LogP contribution >= 0.6 is 0 Å². The molecule has 0 aliphatic carbocycles. The van der Waals surface area contributed by atoms with Gasteiger partial charge in [0.1, 0.15) is 0 Å². The third-order valence-corrected chi connectivity index (χ3v) is 5.67. The van der Waals surface area contributed by atoms with E-state index >= 15 is 0 Å². The maximum absolute atomic E-state index is 12.6. The molecule has 3 aromatic rings. The normalized spacial score (nSPS) is 13.0. The highest BCUT2D eigenvalue weighted by Gasteiger charge is 2.19. The number of nitrogens with zero attached hydrogens (tertiary/aromatic N) is 2. The molecule has 1 atom stereocenters. The average Bonchev–Trinajstić information content (AvgIpc) is 2.64. The van der Waals surface area contributed by atoms with Crippen molar-refractivity contribution in [3.8, 4) is 0 Å². The van der Waals surface area contributed by atoms with E-state index in [2.05, 4.69) is 9.82 Å². The van der Waals surface area contributed by atoms with Crippen molar-refractivity contribution in [1.82, 2.24) is 14.5 Å². The average molecular weight is 387 g/mol. The molecule has 142 valence electrons. The van der Waals surface area contributed by atoms with Crippen LogP contribution in [-0.2, 0) is 27.9 Å². The van der Waals surface area contributed by atoms with Crippen molar-refractivity contribution < 1.29 is 13.2 Å². The van der Waals surface area contributed by atoms with Gasteiger partial charge in [-0.25, -0.2) is 17.8 Å². The summed E-state index contributed by atoms with van der Waals surface area (Å²) in [5.74, 6) is 0. The van der Waals surface area contributed by atoms with Gasteiger partial charge < -0.3 is 4.74 Å². The molecule has 0 saturated heterocycles. The van der Waals surface area contributed by atoms with E-state index in [4.69, 9.17) is 4.74 Å². The lowest BCUT2D eigenvalue weighted by molar-refractivity contribution is 0.184. The standard InChI is InChI=1S/C19H21N3O4S/c1-14(12-22-19(23)18-9-4-3-7-16(18)11-20-22)21-27(24,25)17-8-5-6-15(10-17)13-26-2/h3-11,14,21H,12-13H2,1-2H3. The fourth-order valence-corrected chi connectivity index (χ4v) is 4.16.